The molecule has 30 heavy (non-hydrogen) atoms. The number of nitrogens with zero attached hydrogens (tertiary/aromatic N) is 1. The van der Waals surface area contributed by atoms with Gasteiger partial charge < -0.3 is 4.74 Å². The lowest BCUT2D eigenvalue weighted by Gasteiger charge is -2.29. The highest BCUT2D eigenvalue weighted by Crippen LogP contribution is 2.56. The maximum absolute atomic E-state index is 13.7. The number of H-pyrrole nitrogens is 1. The topological polar surface area (TPSA) is 109 Å². The zero-order chi connectivity index (χ0) is 21.5. The van der Waals surface area contributed by atoms with Crippen LogP contribution in [-0.2, 0) is 29.3 Å². The summed E-state index contributed by atoms with van der Waals surface area (Å²) in [6, 6.07) is 3.07. The van der Waals surface area contributed by atoms with Crippen LogP contribution in [0, 0.1) is 17.5 Å². The van der Waals surface area contributed by atoms with Crippen molar-refractivity contribution in [3.8, 4) is 0 Å². The highest BCUT2D eigenvalue weighted by atomic mass is 31.2. The molecule has 162 valence electrons. The number of aromatic nitrogens is 2. The quantitative estimate of drug-likeness (QED) is 0.698. The molecular formula is C17H16F3N2O7P. The predicted octanol–water partition coefficient (Wildman–Crippen LogP) is 2.02. The standard InChI is InChI=1S/C17H16F3N2O7P/c18-10-2-1-9(11(19)5-10)3-4-26-30(25)27-8-14-13(29-30)6-15(28-14)22-7-12(20)16(23)21-17(22)24/h1-2,5,7,13-15H,3-4,6,8H2,(H,21,23,24)/t13-,14+,15+,30?/m0/s1. The van der Waals surface area contributed by atoms with Crippen LogP contribution in [-0.4, -0.2) is 35.0 Å². The van der Waals surface area contributed by atoms with Crippen LogP contribution in [0.25, 0.3) is 0 Å². The molecule has 2 saturated heterocycles. The molecular weight excluding hydrogens is 432 g/mol. The molecule has 0 radical (unpaired) electrons. The first-order chi connectivity index (χ1) is 14.2. The molecule has 1 aromatic carbocycles. The van der Waals surface area contributed by atoms with Gasteiger partial charge in [0.25, 0.3) is 5.56 Å². The van der Waals surface area contributed by atoms with E-state index in [0.29, 0.717) is 0 Å². The number of nitrogens with one attached hydrogen (secondary N) is 1. The molecule has 3 heterocycles. The van der Waals surface area contributed by atoms with Crippen molar-refractivity contribution in [1.82, 2.24) is 9.55 Å². The number of ether oxygens (including phenoxy) is 1. The van der Waals surface area contributed by atoms with Crippen LogP contribution in [0.1, 0.15) is 18.2 Å². The Morgan fingerprint density at radius 3 is 2.77 bits per heavy atom. The summed E-state index contributed by atoms with van der Waals surface area (Å²) in [5.74, 6) is -2.63. The smallest absolute Gasteiger partial charge is 0.349 e. The summed E-state index contributed by atoms with van der Waals surface area (Å²) in [4.78, 5) is 24.9. The largest absolute Gasteiger partial charge is 0.475 e. The number of phosphoric acid groups is 1. The monoisotopic (exact) mass is 448 g/mol. The molecule has 2 aliphatic rings. The van der Waals surface area contributed by atoms with Crippen LogP contribution in [0.4, 0.5) is 13.2 Å². The second-order valence-electron chi connectivity index (χ2n) is 6.71. The molecule has 0 spiro atoms. The normalized spacial score (nSPS) is 28.4. The van der Waals surface area contributed by atoms with Crippen LogP contribution in [0.2, 0.25) is 0 Å². The van der Waals surface area contributed by atoms with Crippen molar-refractivity contribution in [3.63, 3.8) is 0 Å². The zero-order valence-corrected chi connectivity index (χ0v) is 16.2. The summed E-state index contributed by atoms with van der Waals surface area (Å²) in [6.45, 7) is -0.393. The number of fused-ring (bicyclic) bond motifs is 1. The van der Waals surface area contributed by atoms with Crippen molar-refractivity contribution in [2.75, 3.05) is 13.2 Å². The van der Waals surface area contributed by atoms with Gasteiger partial charge in [-0.05, 0) is 18.1 Å². The van der Waals surface area contributed by atoms with Crippen LogP contribution >= 0.6 is 7.82 Å². The van der Waals surface area contributed by atoms with Crippen LogP contribution < -0.4 is 11.2 Å². The van der Waals surface area contributed by atoms with Crippen LogP contribution in [0.15, 0.2) is 34.0 Å². The van der Waals surface area contributed by atoms with Gasteiger partial charge in [-0.15, -0.1) is 0 Å². The average Bonchev–Trinajstić information content (AvgIpc) is 3.09. The first kappa shape index (κ1) is 21.0. The van der Waals surface area contributed by atoms with E-state index in [4.69, 9.17) is 18.3 Å². The van der Waals surface area contributed by atoms with Crippen LogP contribution in [0.3, 0.4) is 0 Å². The number of hydrogen-bond acceptors (Lipinski definition) is 7. The minimum Gasteiger partial charge on any atom is -0.349 e. The molecule has 0 bridgehead atoms. The fourth-order valence-corrected chi connectivity index (χ4v) is 4.62. The molecule has 1 N–H and O–H groups in total. The van der Waals surface area contributed by atoms with E-state index in [1.165, 1.54) is 6.07 Å². The summed E-state index contributed by atoms with van der Waals surface area (Å²) in [7, 11) is -3.99. The second kappa shape index (κ2) is 8.12. The first-order valence-corrected chi connectivity index (χ1v) is 10.4. The minimum absolute atomic E-state index is 0.00208. The third kappa shape index (κ3) is 4.28. The molecule has 2 fully saturated rings. The minimum atomic E-state index is -3.99. The van der Waals surface area contributed by atoms with Gasteiger partial charge in [-0.1, -0.05) is 6.07 Å². The third-order valence-electron chi connectivity index (χ3n) is 4.71. The lowest BCUT2D eigenvalue weighted by atomic mass is 10.1. The molecule has 0 amide bonds. The average molecular weight is 448 g/mol. The Hall–Kier alpha value is -2.24. The van der Waals surface area contributed by atoms with E-state index < -0.39 is 55.0 Å². The van der Waals surface area contributed by atoms with Crippen molar-refractivity contribution < 1.29 is 36.0 Å². The summed E-state index contributed by atoms with van der Waals surface area (Å²) < 4.78 is 74.9. The molecule has 4 atom stereocenters. The predicted molar refractivity (Wildman–Crippen MR) is 94.3 cm³/mol. The van der Waals surface area contributed by atoms with E-state index in [2.05, 4.69) is 0 Å². The van der Waals surface area contributed by atoms with Gasteiger partial charge in [0.1, 0.15) is 30.1 Å². The summed E-state index contributed by atoms with van der Waals surface area (Å²) in [5, 5.41) is 0. The number of halogens is 3. The molecule has 1 unspecified atom stereocenters. The molecule has 0 aliphatic carbocycles. The van der Waals surface area contributed by atoms with E-state index in [0.717, 1.165) is 22.9 Å². The van der Waals surface area contributed by atoms with Gasteiger partial charge in [0.2, 0.25) is 5.82 Å². The molecule has 4 rings (SSSR count). The van der Waals surface area contributed by atoms with Crippen molar-refractivity contribution in [1.29, 1.82) is 0 Å². The highest BCUT2D eigenvalue weighted by molar-refractivity contribution is 7.48. The van der Waals surface area contributed by atoms with E-state index >= 15 is 0 Å². The fourth-order valence-electron chi connectivity index (χ4n) is 3.23. The van der Waals surface area contributed by atoms with E-state index in [-0.39, 0.29) is 31.6 Å². The van der Waals surface area contributed by atoms with Crippen molar-refractivity contribution in [2.45, 2.75) is 31.3 Å². The summed E-state index contributed by atoms with van der Waals surface area (Å²) in [5.41, 5.74) is -1.85. The SMILES string of the molecule is O=c1[nH]c(=O)n([C@H]2C[C@@H]3OP(=O)(OCCc4ccc(F)cc4F)OC[C@H]3O2)cc1F. The molecule has 13 heteroatoms. The highest BCUT2D eigenvalue weighted by Gasteiger charge is 2.48. The Labute approximate surface area is 167 Å². The van der Waals surface area contributed by atoms with Crippen molar-refractivity contribution in [2.24, 2.45) is 0 Å². The molecule has 2 aliphatic heterocycles. The first-order valence-electron chi connectivity index (χ1n) is 8.92. The summed E-state index contributed by atoms with van der Waals surface area (Å²) in [6.07, 6.45) is -1.70. The number of benzene rings is 1. The van der Waals surface area contributed by atoms with Crippen molar-refractivity contribution in [3.05, 3.63) is 68.2 Å². The molecule has 2 aromatic rings. The zero-order valence-electron chi connectivity index (χ0n) is 15.3. The number of rotatable bonds is 5. The molecule has 9 nitrogen and oxygen atoms in total. The Balaban J connectivity index is 1.38. The Morgan fingerprint density at radius 2 is 2.00 bits per heavy atom. The fraction of sp³-hybridized carbons (Fsp3) is 0.412. The molecule has 0 saturated carbocycles. The Kier molecular flexibility index (Phi) is 5.69. The lowest BCUT2D eigenvalue weighted by Crippen LogP contribution is -2.34. The second-order valence-corrected chi connectivity index (χ2v) is 8.34. The maximum Gasteiger partial charge on any atom is 0.475 e. The summed E-state index contributed by atoms with van der Waals surface area (Å²) >= 11 is 0. The van der Waals surface area contributed by atoms with Gasteiger partial charge >= 0.3 is 13.5 Å². The van der Waals surface area contributed by atoms with Gasteiger partial charge in [-0.3, -0.25) is 27.9 Å². The molecule has 1 aromatic heterocycles. The van der Waals surface area contributed by atoms with Gasteiger partial charge in [-0.25, -0.2) is 18.1 Å². The number of hydrogen-bond donors (Lipinski definition) is 1. The number of aromatic amines is 1. The van der Waals surface area contributed by atoms with Gasteiger partial charge in [-0.2, -0.15) is 4.39 Å². The van der Waals surface area contributed by atoms with E-state index in [9.17, 15) is 27.3 Å². The number of phosphoric ester groups is 1. The third-order valence-corrected chi connectivity index (χ3v) is 6.21. The van der Waals surface area contributed by atoms with Gasteiger partial charge in [0.15, 0.2) is 0 Å². The van der Waals surface area contributed by atoms with Crippen LogP contribution in [0.5, 0.6) is 0 Å². The maximum atomic E-state index is 13.7. The van der Waals surface area contributed by atoms with Gasteiger partial charge in [0.05, 0.1) is 19.4 Å². The van der Waals surface area contributed by atoms with Crippen molar-refractivity contribution >= 4 is 7.82 Å². The Bertz CT molecular complexity index is 1120. The lowest BCUT2D eigenvalue weighted by molar-refractivity contribution is -0.0722. The van der Waals surface area contributed by atoms with E-state index in [1.807, 2.05) is 4.98 Å². The Morgan fingerprint density at radius 1 is 1.20 bits per heavy atom. The van der Waals surface area contributed by atoms with E-state index in [1.54, 1.807) is 0 Å². The van der Waals surface area contributed by atoms with Gasteiger partial charge in [0, 0.05) is 12.5 Å².